The van der Waals surface area contributed by atoms with Gasteiger partial charge in [0, 0.05) is 11.4 Å². The van der Waals surface area contributed by atoms with E-state index >= 15 is 0 Å². The number of nitrogens with one attached hydrogen (secondary N) is 2. The van der Waals surface area contributed by atoms with Gasteiger partial charge in [-0.1, -0.05) is 23.8 Å². The van der Waals surface area contributed by atoms with Gasteiger partial charge in [0.1, 0.15) is 0 Å². The summed E-state index contributed by atoms with van der Waals surface area (Å²) >= 11 is 5.36. The standard InChI is InChI=1S/C17H18N2S/c1-12-5-8-15(9-6-12)18-17(20)19-16-10-7-13-3-2-4-14(13)11-16/h5-11H,2-4H2,1H3,(H2,18,19,20). The highest BCUT2D eigenvalue weighted by Crippen LogP contribution is 2.25. The Hall–Kier alpha value is -1.87. The van der Waals surface area contributed by atoms with Crippen molar-refractivity contribution in [3.05, 3.63) is 59.2 Å². The van der Waals surface area contributed by atoms with Crippen molar-refractivity contribution in [1.29, 1.82) is 0 Å². The summed E-state index contributed by atoms with van der Waals surface area (Å²) in [5.74, 6) is 0. The third-order valence-corrected chi connectivity index (χ3v) is 3.87. The van der Waals surface area contributed by atoms with Gasteiger partial charge < -0.3 is 10.6 Å². The number of anilines is 2. The van der Waals surface area contributed by atoms with E-state index in [1.807, 2.05) is 12.1 Å². The fourth-order valence-electron chi connectivity index (χ4n) is 2.58. The van der Waals surface area contributed by atoms with E-state index in [1.54, 1.807) is 0 Å². The van der Waals surface area contributed by atoms with Crippen molar-refractivity contribution in [1.82, 2.24) is 0 Å². The predicted octanol–water partition coefficient (Wildman–Crippen LogP) is 4.29. The second-order valence-electron chi connectivity index (χ2n) is 5.28. The first-order chi connectivity index (χ1) is 9.70. The van der Waals surface area contributed by atoms with Gasteiger partial charge in [0.2, 0.25) is 0 Å². The summed E-state index contributed by atoms with van der Waals surface area (Å²) in [5, 5.41) is 7.09. The van der Waals surface area contributed by atoms with Crippen molar-refractivity contribution < 1.29 is 0 Å². The summed E-state index contributed by atoms with van der Waals surface area (Å²) in [6.07, 6.45) is 3.66. The summed E-state index contributed by atoms with van der Waals surface area (Å²) in [6, 6.07) is 14.7. The van der Waals surface area contributed by atoms with Gasteiger partial charge in [-0.25, -0.2) is 0 Å². The van der Waals surface area contributed by atoms with Crippen LogP contribution < -0.4 is 10.6 Å². The molecule has 0 saturated heterocycles. The SMILES string of the molecule is Cc1ccc(NC(=S)Nc2ccc3c(c2)CCC3)cc1. The molecule has 102 valence electrons. The molecule has 0 atom stereocenters. The highest BCUT2D eigenvalue weighted by molar-refractivity contribution is 7.80. The molecule has 0 aliphatic heterocycles. The molecule has 0 fully saturated rings. The quantitative estimate of drug-likeness (QED) is 0.803. The fourth-order valence-corrected chi connectivity index (χ4v) is 2.82. The van der Waals surface area contributed by atoms with E-state index in [-0.39, 0.29) is 0 Å². The number of fused-ring (bicyclic) bond motifs is 1. The minimum absolute atomic E-state index is 0.631. The summed E-state index contributed by atoms with van der Waals surface area (Å²) in [4.78, 5) is 0. The van der Waals surface area contributed by atoms with Crippen molar-refractivity contribution in [2.75, 3.05) is 10.6 Å². The summed E-state index contributed by atoms with van der Waals surface area (Å²) in [7, 11) is 0. The Bertz CT molecular complexity index is 632. The number of hydrogen-bond donors (Lipinski definition) is 2. The van der Waals surface area contributed by atoms with Crippen LogP contribution in [-0.4, -0.2) is 5.11 Å². The lowest BCUT2D eigenvalue weighted by molar-refractivity contribution is 0.912. The van der Waals surface area contributed by atoms with Crippen molar-refractivity contribution >= 4 is 28.7 Å². The van der Waals surface area contributed by atoms with Crippen LogP contribution in [-0.2, 0) is 12.8 Å². The molecule has 2 N–H and O–H groups in total. The van der Waals surface area contributed by atoms with Crippen LogP contribution in [0.2, 0.25) is 0 Å². The van der Waals surface area contributed by atoms with Crippen LogP contribution in [0.4, 0.5) is 11.4 Å². The van der Waals surface area contributed by atoms with E-state index in [2.05, 4.69) is 47.9 Å². The number of benzene rings is 2. The molecule has 0 amide bonds. The van der Waals surface area contributed by atoms with Gasteiger partial charge in [-0.05, 0) is 73.8 Å². The van der Waals surface area contributed by atoms with E-state index in [0.717, 1.165) is 11.4 Å². The third-order valence-electron chi connectivity index (χ3n) is 3.67. The molecule has 20 heavy (non-hydrogen) atoms. The minimum atomic E-state index is 0.631. The number of thiocarbonyl (C=S) groups is 1. The molecule has 1 aliphatic carbocycles. The Morgan fingerprint density at radius 3 is 2.35 bits per heavy atom. The first kappa shape index (κ1) is 13.1. The zero-order valence-electron chi connectivity index (χ0n) is 11.6. The second kappa shape index (κ2) is 5.63. The highest BCUT2D eigenvalue weighted by Gasteiger charge is 2.11. The molecule has 1 aliphatic rings. The maximum absolute atomic E-state index is 5.36. The first-order valence-electron chi connectivity index (χ1n) is 6.97. The molecule has 0 unspecified atom stereocenters. The van der Waals surface area contributed by atoms with E-state index in [4.69, 9.17) is 12.2 Å². The lowest BCUT2D eigenvalue weighted by Gasteiger charge is -2.12. The van der Waals surface area contributed by atoms with Crippen LogP contribution in [0, 0.1) is 6.92 Å². The Morgan fingerprint density at radius 1 is 0.900 bits per heavy atom. The topological polar surface area (TPSA) is 24.1 Å². The summed E-state index contributed by atoms with van der Waals surface area (Å²) in [5.41, 5.74) is 6.25. The van der Waals surface area contributed by atoms with Gasteiger partial charge in [0.05, 0.1) is 0 Å². The molecule has 0 aromatic heterocycles. The maximum atomic E-state index is 5.36. The normalized spacial score (nSPS) is 12.8. The van der Waals surface area contributed by atoms with E-state index in [0.29, 0.717) is 5.11 Å². The Kier molecular flexibility index (Phi) is 3.70. The number of hydrogen-bond acceptors (Lipinski definition) is 1. The molecule has 0 bridgehead atoms. The molecule has 2 aromatic carbocycles. The van der Waals surface area contributed by atoms with Gasteiger partial charge in [0.15, 0.2) is 5.11 Å². The van der Waals surface area contributed by atoms with Crippen molar-refractivity contribution in [2.45, 2.75) is 26.2 Å². The largest absolute Gasteiger partial charge is 0.332 e. The number of aryl methyl sites for hydroxylation is 3. The predicted molar refractivity (Wildman–Crippen MR) is 89.5 cm³/mol. The highest BCUT2D eigenvalue weighted by atomic mass is 32.1. The van der Waals surface area contributed by atoms with Crippen LogP contribution in [0.5, 0.6) is 0 Å². The molecule has 2 nitrogen and oxygen atoms in total. The van der Waals surface area contributed by atoms with Crippen LogP contribution in [0.1, 0.15) is 23.1 Å². The number of rotatable bonds is 2. The average molecular weight is 282 g/mol. The molecule has 0 saturated carbocycles. The first-order valence-corrected chi connectivity index (χ1v) is 7.38. The summed E-state index contributed by atoms with van der Waals surface area (Å²) < 4.78 is 0. The van der Waals surface area contributed by atoms with E-state index in [1.165, 1.54) is 36.0 Å². The molecular weight excluding hydrogens is 264 g/mol. The van der Waals surface area contributed by atoms with Crippen LogP contribution in [0.15, 0.2) is 42.5 Å². The van der Waals surface area contributed by atoms with Crippen molar-refractivity contribution in [3.8, 4) is 0 Å². The Labute approximate surface area is 125 Å². The van der Waals surface area contributed by atoms with Crippen molar-refractivity contribution in [2.24, 2.45) is 0 Å². The third kappa shape index (κ3) is 2.99. The van der Waals surface area contributed by atoms with E-state index < -0.39 is 0 Å². The van der Waals surface area contributed by atoms with Crippen molar-refractivity contribution in [3.63, 3.8) is 0 Å². The monoisotopic (exact) mass is 282 g/mol. The lowest BCUT2D eigenvalue weighted by atomic mass is 10.1. The second-order valence-corrected chi connectivity index (χ2v) is 5.69. The Balaban J connectivity index is 1.65. The van der Waals surface area contributed by atoms with Gasteiger partial charge in [0.25, 0.3) is 0 Å². The zero-order chi connectivity index (χ0) is 13.9. The minimum Gasteiger partial charge on any atom is -0.332 e. The molecule has 0 heterocycles. The fraction of sp³-hybridized carbons (Fsp3) is 0.235. The van der Waals surface area contributed by atoms with Gasteiger partial charge in [-0.2, -0.15) is 0 Å². The smallest absolute Gasteiger partial charge is 0.175 e. The lowest BCUT2D eigenvalue weighted by Crippen LogP contribution is -2.19. The van der Waals surface area contributed by atoms with Gasteiger partial charge in [-0.15, -0.1) is 0 Å². The molecule has 3 heteroatoms. The molecule has 0 radical (unpaired) electrons. The average Bonchev–Trinajstić information content (AvgIpc) is 2.89. The molecule has 0 spiro atoms. The maximum Gasteiger partial charge on any atom is 0.175 e. The van der Waals surface area contributed by atoms with Gasteiger partial charge in [-0.3, -0.25) is 0 Å². The zero-order valence-corrected chi connectivity index (χ0v) is 12.4. The van der Waals surface area contributed by atoms with E-state index in [9.17, 15) is 0 Å². The van der Waals surface area contributed by atoms with Crippen LogP contribution in [0.25, 0.3) is 0 Å². The molecule has 2 aromatic rings. The van der Waals surface area contributed by atoms with Gasteiger partial charge >= 0.3 is 0 Å². The Morgan fingerprint density at radius 2 is 1.55 bits per heavy atom. The van der Waals surface area contributed by atoms with Crippen LogP contribution in [0.3, 0.4) is 0 Å². The molecular formula is C17H18N2S. The van der Waals surface area contributed by atoms with Crippen LogP contribution >= 0.6 is 12.2 Å². The summed E-state index contributed by atoms with van der Waals surface area (Å²) in [6.45, 7) is 2.07. The molecule has 3 rings (SSSR count).